The van der Waals surface area contributed by atoms with E-state index in [-0.39, 0.29) is 0 Å². The number of benzene rings is 6. The molecule has 0 aromatic heterocycles. The van der Waals surface area contributed by atoms with Gasteiger partial charge in [-0.3, -0.25) is 0 Å². The zero-order chi connectivity index (χ0) is 26.2. The van der Waals surface area contributed by atoms with Crippen LogP contribution < -0.4 is 4.90 Å². The molecule has 1 aliphatic rings. The number of hydrogen-bond donors (Lipinski definition) is 0. The monoisotopic (exact) mass is 563 g/mol. The maximum Gasteiger partial charge on any atom is 0.0725 e. The second kappa shape index (κ2) is 9.72. The summed E-state index contributed by atoms with van der Waals surface area (Å²) in [6.45, 7) is 0. The van der Waals surface area contributed by atoms with Crippen LogP contribution in [-0.2, 0) is 5.41 Å². The molecule has 0 saturated carbocycles. The molecule has 0 spiro atoms. The lowest BCUT2D eigenvalue weighted by molar-refractivity contribution is 0.764. The van der Waals surface area contributed by atoms with E-state index in [0.717, 1.165) is 21.5 Å². The first kappa shape index (κ1) is 23.7. The van der Waals surface area contributed by atoms with Crippen molar-refractivity contribution in [1.82, 2.24) is 0 Å². The van der Waals surface area contributed by atoms with Crippen molar-refractivity contribution in [1.29, 1.82) is 0 Å². The maximum atomic E-state index is 3.95. The van der Waals surface area contributed by atoms with Crippen molar-refractivity contribution in [2.75, 3.05) is 4.90 Å². The summed E-state index contributed by atoms with van der Waals surface area (Å²) in [7, 11) is 0. The van der Waals surface area contributed by atoms with Gasteiger partial charge >= 0.3 is 0 Å². The highest BCUT2D eigenvalue weighted by atomic mass is 79.9. The summed E-state index contributed by atoms with van der Waals surface area (Å²) in [5, 5.41) is 0. The SMILES string of the molecule is Brc1ccccc1[C@@]1(c2ccccc2)c2ccccc2-c2ccc(N(c3ccccc3)c3ccccc3)cc21. The molecule has 2 heteroatoms. The summed E-state index contributed by atoms with van der Waals surface area (Å²) < 4.78 is 1.10. The Hall–Kier alpha value is -4.40. The van der Waals surface area contributed by atoms with Gasteiger partial charge in [0.05, 0.1) is 5.41 Å². The summed E-state index contributed by atoms with van der Waals surface area (Å²) >= 11 is 3.95. The number of fused-ring (bicyclic) bond motifs is 3. The molecule has 0 aliphatic heterocycles. The molecule has 1 aliphatic carbocycles. The summed E-state index contributed by atoms with van der Waals surface area (Å²) in [5.74, 6) is 0. The van der Waals surface area contributed by atoms with E-state index < -0.39 is 5.41 Å². The van der Waals surface area contributed by atoms with E-state index in [1.165, 1.54) is 33.4 Å². The van der Waals surface area contributed by atoms with E-state index in [2.05, 4.69) is 179 Å². The van der Waals surface area contributed by atoms with Gasteiger partial charge in [0.15, 0.2) is 0 Å². The van der Waals surface area contributed by atoms with E-state index >= 15 is 0 Å². The number of hydrogen-bond acceptors (Lipinski definition) is 1. The maximum absolute atomic E-state index is 3.95. The summed E-state index contributed by atoms with van der Waals surface area (Å²) in [4.78, 5) is 2.35. The van der Waals surface area contributed by atoms with Gasteiger partial charge in [0.1, 0.15) is 0 Å². The van der Waals surface area contributed by atoms with Crippen molar-refractivity contribution in [2.45, 2.75) is 5.41 Å². The third kappa shape index (κ3) is 3.75. The number of para-hydroxylation sites is 2. The molecule has 1 nitrogen and oxygen atoms in total. The number of rotatable bonds is 5. The van der Waals surface area contributed by atoms with Crippen molar-refractivity contribution in [3.63, 3.8) is 0 Å². The molecule has 6 aromatic rings. The molecular weight excluding hydrogens is 538 g/mol. The zero-order valence-electron chi connectivity index (χ0n) is 21.3. The van der Waals surface area contributed by atoms with Crippen LogP contribution in [-0.4, -0.2) is 0 Å². The highest BCUT2D eigenvalue weighted by Crippen LogP contribution is 2.58. The van der Waals surface area contributed by atoms with Crippen molar-refractivity contribution < 1.29 is 0 Å². The number of nitrogens with zero attached hydrogens (tertiary/aromatic N) is 1. The lowest BCUT2D eigenvalue weighted by atomic mass is 9.67. The average Bonchev–Trinajstić information content (AvgIpc) is 3.30. The van der Waals surface area contributed by atoms with E-state index in [0.29, 0.717) is 0 Å². The van der Waals surface area contributed by atoms with Crippen LogP contribution in [0.5, 0.6) is 0 Å². The molecule has 6 aromatic carbocycles. The second-order valence-corrected chi connectivity index (χ2v) is 10.7. The molecule has 7 rings (SSSR count). The van der Waals surface area contributed by atoms with Gasteiger partial charge in [0.2, 0.25) is 0 Å². The predicted molar refractivity (Wildman–Crippen MR) is 166 cm³/mol. The summed E-state index contributed by atoms with van der Waals surface area (Å²) in [6.07, 6.45) is 0. The van der Waals surface area contributed by atoms with E-state index in [1.807, 2.05) is 0 Å². The Bertz CT molecular complexity index is 1720. The minimum atomic E-state index is -0.470. The van der Waals surface area contributed by atoms with Crippen LogP contribution in [0.25, 0.3) is 11.1 Å². The molecule has 0 amide bonds. The van der Waals surface area contributed by atoms with Crippen LogP contribution in [0.4, 0.5) is 17.1 Å². The average molecular weight is 565 g/mol. The lowest BCUT2D eigenvalue weighted by Crippen LogP contribution is -2.29. The third-order valence-electron chi connectivity index (χ3n) is 7.80. The summed E-state index contributed by atoms with van der Waals surface area (Å²) in [6, 6.07) is 56.7. The van der Waals surface area contributed by atoms with Crippen molar-refractivity contribution in [2.24, 2.45) is 0 Å². The standard InChI is InChI=1S/C37H26BrN/c38-36-23-13-12-22-34(36)37(27-14-4-1-5-15-27)33-21-11-10-20-31(33)32-25-24-30(26-35(32)37)39(28-16-6-2-7-17-28)29-18-8-3-9-19-29/h1-26H/t37-/m1/s1. The molecule has 186 valence electrons. The Morgan fingerprint density at radius 1 is 0.410 bits per heavy atom. The van der Waals surface area contributed by atoms with Crippen LogP contribution in [0.15, 0.2) is 162 Å². The molecular formula is C37H26BrN. The van der Waals surface area contributed by atoms with Crippen LogP contribution >= 0.6 is 15.9 Å². The lowest BCUT2D eigenvalue weighted by Gasteiger charge is -2.35. The van der Waals surface area contributed by atoms with Gasteiger partial charge in [-0.2, -0.15) is 0 Å². The van der Waals surface area contributed by atoms with E-state index in [4.69, 9.17) is 0 Å². The Labute approximate surface area is 238 Å². The quantitative estimate of drug-likeness (QED) is 0.201. The van der Waals surface area contributed by atoms with Gasteiger partial charge in [0, 0.05) is 21.5 Å². The smallest absolute Gasteiger partial charge is 0.0725 e. The van der Waals surface area contributed by atoms with Crippen molar-refractivity contribution in [3.8, 4) is 11.1 Å². The highest BCUT2D eigenvalue weighted by molar-refractivity contribution is 9.10. The Morgan fingerprint density at radius 3 is 1.56 bits per heavy atom. The molecule has 39 heavy (non-hydrogen) atoms. The van der Waals surface area contributed by atoms with Crippen LogP contribution in [0, 0.1) is 0 Å². The van der Waals surface area contributed by atoms with E-state index in [1.54, 1.807) is 0 Å². The van der Waals surface area contributed by atoms with E-state index in [9.17, 15) is 0 Å². The molecule has 1 atom stereocenters. The molecule has 0 bridgehead atoms. The molecule has 0 radical (unpaired) electrons. The number of halogens is 1. The topological polar surface area (TPSA) is 3.24 Å². The Morgan fingerprint density at radius 2 is 0.923 bits per heavy atom. The normalized spacial score (nSPS) is 15.4. The minimum absolute atomic E-state index is 0.470. The molecule has 0 saturated heterocycles. The fraction of sp³-hybridized carbons (Fsp3) is 0.0270. The molecule has 0 fully saturated rings. The minimum Gasteiger partial charge on any atom is -0.310 e. The second-order valence-electron chi connectivity index (χ2n) is 9.88. The van der Waals surface area contributed by atoms with Crippen molar-refractivity contribution in [3.05, 3.63) is 184 Å². The first-order valence-electron chi connectivity index (χ1n) is 13.2. The Kier molecular flexibility index (Phi) is 5.91. The van der Waals surface area contributed by atoms with Crippen molar-refractivity contribution >= 4 is 33.0 Å². The molecule has 0 N–H and O–H groups in total. The highest BCUT2D eigenvalue weighted by Gasteiger charge is 2.47. The van der Waals surface area contributed by atoms with Gasteiger partial charge in [-0.15, -0.1) is 0 Å². The largest absolute Gasteiger partial charge is 0.310 e. The first-order chi connectivity index (χ1) is 19.3. The van der Waals surface area contributed by atoms with Crippen LogP contribution in [0.3, 0.4) is 0 Å². The fourth-order valence-corrected chi connectivity index (χ4v) is 6.80. The van der Waals surface area contributed by atoms with Gasteiger partial charge < -0.3 is 4.90 Å². The predicted octanol–water partition coefficient (Wildman–Crippen LogP) is 10.3. The summed E-state index contributed by atoms with van der Waals surface area (Å²) in [5.41, 5.74) is 10.6. The van der Waals surface area contributed by atoms with Crippen LogP contribution in [0.1, 0.15) is 22.3 Å². The number of anilines is 3. The first-order valence-corrected chi connectivity index (χ1v) is 14.0. The molecule has 0 unspecified atom stereocenters. The van der Waals surface area contributed by atoms with Crippen LogP contribution in [0.2, 0.25) is 0 Å². The van der Waals surface area contributed by atoms with Gasteiger partial charge in [-0.1, -0.05) is 131 Å². The van der Waals surface area contributed by atoms with Gasteiger partial charge in [-0.05, 0) is 75.8 Å². The van der Waals surface area contributed by atoms with Gasteiger partial charge in [-0.25, -0.2) is 0 Å². The third-order valence-corrected chi connectivity index (χ3v) is 8.49. The molecule has 0 heterocycles. The zero-order valence-corrected chi connectivity index (χ0v) is 22.9. The van der Waals surface area contributed by atoms with Gasteiger partial charge in [0.25, 0.3) is 0 Å². The Balaban J connectivity index is 1.57. The fourth-order valence-electron chi connectivity index (χ4n) is 6.22.